The molecule has 0 spiro atoms. The van der Waals surface area contributed by atoms with Crippen LogP contribution in [0.25, 0.3) is 0 Å². The van der Waals surface area contributed by atoms with Crippen molar-refractivity contribution in [3.8, 4) is 0 Å². The number of carbonyl (C=O) groups is 1. The fraction of sp³-hybridized carbons (Fsp3) is 0.333. The number of rotatable bonds is 4. The molecule has 7 nitrogen and oxygen atoms in total. The Balaban J connectivity index is 2.27. The molecule has 7 heteroatoms. The maximum Gasteiger partial charge on any atom is 0.323 e. The third kappa shape index (κ3) is 2.51. The van der Waals surface area contributed by atoms with Gasteiger partial charge in [-0.2, -0.15) is 0 Å². The molecular formula is C12H17N5O2. The van der Waals surface area contributed by atoms with Gasteiger partial charge in [-0.25, -0.2) is 0 Å². The van der Waals surface area contributed by atoms with Gasteiger partial charge in [0.25, 0.3) is 0 Å². The number of benzene rings is 1. The molecular weight excluding hydrogens is 246 g/mol. The summed E-state index contributed by atoms with van der Waals surface area (Å²) in [6.45, 7) is 0. The fourth-order valence-electron chi connectivity index (χ4n) is 2.04. The van der Waals surface area contributed by atoms with Gasteiger partial charge in [0.05, 0.1) is 18.5 Å². The lowest BCUT2D eigenvalue weighted by molar-refractivity contribution is -0.142. The van der Waals surface area contributed by atoms with Crippen LogP contribution in [0.2, 0.25) is 0 Å². The number of fused-ring (bicyclic) bond motifs is 1. The lowest BCUT2D eigenvalue weighted by Crippen LogP contribution is -2.38. The molecule has 19 heavy (non-hydrogen) atoms. The molecule has 1 aliphatic rings. The molecule has 1 aromatic rings. The zero-order chi connectivity index (χ0) is 14.0. The van der Waals surface area contributed by atoms with Crippen molar-refractivity contribution in [2.75, 3.05) is 25.0 Å². The summed E-state index contributed by atoms with van der Waals surface area (Å²) >= 11 is 0. The van der Waals surface area contributed by atoms with Crippen molar-refractivity contribution in [1.29, 1.82) is 5.41 Å². The Morgan fingerprint density at radius 2 is 2.16 bits per heavy atom. The van der Waals surface area contributed by atoms with Gasteiger partial charge >= 0.3 is 5.97 Å². The molecule has 2 atom stereocenters. The van der Waals surface area contributed by atoms with Crippen LogP contribution in [0.1, 0.15) is 11.5 Å². The summed E-state index contributed by atoms with van der Waals surface area (Å²) in [5.74, 6) is -1.04. The van der Waals surface area contributed by atoms with Crippen LogP contribution < -0.4 is 16.6 Å². The van der Waals surface area contributed by atoms with Crippen molar-refractivity contribution in [3.63, 3.8) is 0 Å². The van der Waals surface area contributed by atoms with Gasteiger partial charge in [-0.3, -0.25) is 15.6 Å². The minimum absolute atomic E-state index is 0.509. The summed E-state index contributed by atoms with van der Waals surface area (Å²) in [5, 5.41) is 9.19. The zero-order valence-corrected chi connectivity index (χ0v) is 10.8. The molecule has 2 rings (SSSR count). The number of ether oxygens (including phenoxy) is 1. The van der Waals surface area contributed by atoms with E-state index in [9.17, 15) is 4.79 Å². The van der Waals surface area contributed by atoms with Crippen molar-refractivity contribution < 1.29 is 9.53 Å². The first-order chi connectivity index (χ1) is 9.06. The second kappa shape index (κ2) is 5.25. The van der Waals surface area contributed by atoms with Crippen molar-refractivity contribution in [3.05, 3.63) is 23.8 Å². The molecule has 0 bridgehead atoms. The highest BCUT2D eigenvalue weighted by Crippen LogP contribution is 2.31. The molecule has 0 radical (unpaired) electrons. The molecule has 2 unspecified atom stereocenters. The average molecular weight is 263 g/mol. The second-order valence-corrected chi connectivity index (χ2v) is 4.33. The predicted octanol–water partition coefficient (Wildman–Crippen LogP) is 0.519. The first-order valence-corrected chi connectivity index (χ1v) is 5.81. The molecule has 1 aliphatic heterocycles. The van der Waals surface area contributed by atoms with Gasteiger partial charge in [-0.15, -0.1) is 5.12 Å². The molecule has 0 aliphatic carbocycles. The van der Waals surface area contributed by atoms with Gasteiger partial charge < -0.3 is 15.9 Å². The van der Waals surface area contributed by atoms with Gasteiger partial charge in [0.2, 0.25) is 0 Å². The largest absolute Gasteiger partial charge is 0.468 e. The Hall–Kier alpha value is -2.12. The Morgan fingerprint density at radius 3 is 2.79 bits per heavy atom. The number of nitrogens with two attached hydrogens (primary N) is 1. The quantitative estimate of drug-likeness (QED) is 0.466. The SMILES string of the molecule is COC(=O)C(N)C(C=N)c1ccc2c(c1)NN(C)N2. The number of nitrogens with zero attached hydrogens (tertiary/aromatic N) is 1. The standard InChI is InChI=1S/C12H17N5O2/c1-17-15-9-4-3-7(5-10(9)16-17)8(6-13)11(14)12(18)19-2/h3-6,8,11,13,15-16H,14H2,1-2H3. The van der Waals surface area contributed by atoms with E-state index in [0.717, 1.165) is 23.2 Å². The van der Waals surface area contributed by atoms with Crippen LogP contribution in [0.3, 0.4) is 0 Å². The number of nitrogens with one attached hydrogen (secondary N) is 3. The topological polar surface area (TPSA) is 103 Å². The van der Waals surface area contributed by atoms with Crippen LogP contribution in [0.4, 0.5) is 11.4 Å². The second-order valence-electron chi connectivity index (χ2n) is 4.33. The number of hydrogen-bond acceptors (Lipinski definition) is 7. The minimum atomic E-state index is -0.882. The third-order valence-corrected chi connectivity index (χ3v) is 3.04. The van der Waals surface area contributed by atoms with Crippen LogP contribution in [0.5, 0.6) is 0 Å². The van der Waals surface area contributed by atoms with E-state index in [1.807, 2.05) is 25.2 Å². The Labute approximate surface area is 111 Å². The summed E-state index contributed by atoms with van der Waals surface area (Å²) in [7, 11) is 3.13. The van der Waals surface area contributed by atoms with Crippen LogP contribution in [-0.4, -0.2) is 37.5 Å². The molecule has 0 aromatic heterocycles. The molecule has 1 aromatic carbocycles. The van der Waals surface area contributed by atoms with Gasteiger partial charge in [0.1, 0.15) is 6.04 Å². The third-order valence-electron chi connectivity index (χ3n) is 3.04. The van der Waals surface area contributed by atoms with Gasteiger partial charge in [0, 0.05) is 19.2 Å². The number of hydrazine groups is 2. The Kier molecular flexibility index (Phi) is 3.68. The molecule has 0 saturated carbocycles. The molecule has 0 saturated heterocycles. The Morgan fingerprint density at radius 1 is 1.47 bits per heavy atom. The summed E-state index contributed by atoms with van der Waals surface area (Å²) in [6.07, 6.45) is 1.16. The zero-order valence-electron chi connectivity index (χ0n) is 10.8. The lowest BCUT2D eigenvalue weighted by Gasteiger charge is -2.18. The highest BCUT2D eigenvalue weighted by molar-refractivity contribution is 5.84. The lowest BCUT2D eigenvalue weighted by atomic mass is 9.92. The first-order valence-electron chi connectivity index (χ1n) is 5.81. The van der Waals surface area contributed by atoms with Crippen molar-refractivity contribution in [2.45, 2.75) is 12.0 Å². The van der Waals surface area contributed by atoms with E-state index in [0.29, 0.717) is 0 Å². The highest BCUT2D eigenvalue weighted by Gasteiger charge is 2.26. The van der Waals surface area contributed by atoms with E-state index in [-0.39, 0.29) is 0 Å². The maximum absolute atomic E-state index is 11.5. The number of anilines is 2. The molecule has 102 valence electrons. The fourth-order valence-corrected chi connectivity index (χ4v) is 2.04. The van der Waals surface area contributed by atoms with E-state index in [2.05, 4.69) is 15.6 Å². The highest BCUT2D eigenvalue weighted by atomic mass is 16.5. The average Bonchev–Trinajstić information content (AvgIpc) is 2.77. The van der Waals surface area contributed by atoms with Crippen molar-refractivity contribution >= 4 is 23.6 Å². The van der Waals surface area contributed by atoms with Crippen LogP contribution >= 0.6 is 0 Å². The Bertz CT molecular complexity index is 505. The number of carbonyl (C=O) groups excluding carboxylic acids is 1. The van der Waals surface area contributed by atoms with E-state index in [4.69, 9.17) is 11.1 Å². The predicted molar refractivity (Wildman–Crippen MR) is 73.0 cm³/mol. The summed E-state index contributed by atoms with van der Waals surface area (Å²) in [5.41, 5.74) is 14.6. The summed E-state index contributed by atoms with van der Waals surface area (Å²) in [4.78, 5) is 11.5. The number of methoxy groups -OCH3 is 1. The van der Waals surface area contributed by atoms with Crippen LogP contribution in [-0.2, 0) is 9.53 Å². The van der Waals surface area contributed by atoms with E-state index in [1.54, 1.807) is 5.12 Å². The van der Waals surface area contributed by atoms with E-state index in [1.165, 1.54) is 7.11 Å². The van der Waals surface area contributed by atoms with E-state index >= 15 is 0 Å². The molecule has 1 heterocycles. The van der Waals surface area contributed by atoms with Gasteiger partial charge in [0.15, 0.2) is 0 Å². The summed E-state index contributed by atoms with van der Waals surface area (Å²) in [6, 6.07) is 4.70. The number of hydrogen-bond donors (Lipinski definition) is 4. The van der Waals surface area contributed by atoms with Crippen molar-refractivity contribution in [2.24, 2.45) is 5.73 Å². The van der Waals surface area contributed by atoms with Crippen LogP contribution in [0.15, 0.2) is 18.2 Å². The van der Waals surface area contributed by atoms with Crippen LogP contribution in [0, 0.1) is 5.41 Å². The summed E-state index contributed by atoms with van der Waals surface area (Å²) < 4.78 is 4.62. The minimum Gasteiger partial charge on any atom is -0.468 e. The van der Waals surface area contributed by atoms with Gasteiger partial charge in [-0.05, 0) is 17.7 Å². The molecule has 0 fully saturated rings. The smallest absolute Gasteiger partial charge is 0.323 e. The maximum atomic E-state index is 11.5. The molecule has 0 amide bonds. The van der Waals surface area contributed by atoms with Crippen molar-refractivity contribution in [1.82, 2.24) is 5.12 Å². The monoisotopic (exact) mass is 263 g/mol. The van der Waals surface area contributed by atoms with E-state index < -0.39 is 17.9 Å². The molecule has 5 N–H and O–H groups in total. The normalized spacial score (nSPS) is 16.8. The first kappa shape index (κ1) is 13.3. The number of esters is 1. The van der Waals surface area contributed by atoms with Gasteiger partial charge in [-0.1, -0.05) is 6.07 Å².